The first-order valence-corrected chi connectivity index (χ1v) is 8.85. The summed E-state index contributed by atoms with van der Waals surface area (Å²) in [6.07, 6.45) is 3.69. The van der Waals surface area contributed by atoms with Crippen LogP contribution in [-0.4, -0.2) is 38.3 Å². The van der Waals surface area contributed by atoms with Gasteiger partial charge in [-0.15, -0.1) is 12.4 Å². The fourth-order valence-electron chi connectivity index (χ4n) is 3.43. The van der Waals surface area contributed by atoms with Crippen molar-refractivity contribution in [2.24, 2.45) is 0 Å². The highest BCUT2D eigenvalue weighted by atomic mass is 79.9. The van der Waals surface area contributed by atoms with Crippen molar-refractivity contribution in [3.8, 4) is 0 Å². The monoisotopic (exact) mass is 402 g/mol. The number of rotatable bonds is 3. The molecule has 4 nitrogen and oxygen atoms in total. The second-order valence-electron chi connectivity index (χ2n) is 6.22. The first-order valence-electron chi connectivity index (χ1n) is 8.06. The Hall–Kier alpha value is -0.620. The Balaban J connectivity index is 0.00000192. The molecule has 0 unspecified atom stereocenters. The topological polar surface area (TPSA) is 50.4 Å². The maximum Gasteiger partial charge on any atom is 0.231 e. The first-order chi connectivity index (χ1) is 10.7. The van der Waals surface area contributed by atoms with Gasteiger partial charge in [0.15, 0.2) is 0 Å². The molecule has 2 heterocycles. The van der Waals surface area contributed by atoms with Gasteiger partial charge in [0, 0.05) is 30.3 Å². The molecule has 2 aliphatic heterocycles. The molecule has 1 aromatic rings. The van der Waals surface area contributed by atoms with E-state index < -0.39 is 5.41 Å². The van der Waals surface area contributed by atoms with Crippen LogP contribution in [0, 0.1) is 0 Å². The summed E-state index contributed by atoms with van der Waals surface area (Å²) in [4.78, 5) is 13.1. The molecular weight excluding hydrogens is 380 g/mol. The molecular formula is C17H24BrClN2O2. The van der Waals surface area contributed by atoms with Crippen LogP contribution >= 0.6 is 28.3 Å². The Morgan fingerprint density at radius 2 is 1.96 bits per heavy atom. The number of carbonyl (C=O) groups excluding carboxylic acids is 1. The fourth-order valence-corrected chi connectivity index (χ4v) is 3.70. The van der Waals surface area contributed by atoms with Crippen molar-refractivity contribution in [3.05, 3.63) is 34.3 Å². The van der Waals surface area contributed by atoms with E-state index >= 15 is 0 Å². The van der Waals surface area contributed by atoms with E-state index in [1.807, 2.05) is 12.1 Å². The van der Waals surface area contributed by atoms with E-state index in [1.54, 1.807) is 0 Å². The second-order valence-corrected chi connectivity index (χ2v) is 7.13. The maximum absolute atomic E-state index is 13.1. The lowest BCUT2D eigenvalue weighted by molar-refractivity contribution is -0.131. The molecule has 0 bridgehead atoms. The lowest BCUT2D eigenvalue weighted by atomic mass is 9.73. The molecule has 6 heteroatoms. The van der Waals surface area contributed by atoms with Crippen LogP contribution in [0.1, 0.15) is 31.2 Å². The molecule has 128 valence electrons. The SMILES string of the molecule is Cl.O=C(N[C@H]1CCCNC1)C1(c2ccc(Br)cc2)CCOCC1. The smallest absolute Gasteiger partial charge is 0.231 e. The molecule has 1 atom stereocenters. The van der Waals surface area contributed by atoms with E-state index in [4.69, 9.17) is 4.74 Å². The van der Waals surface area contributed by atoms with Crippen LogP contribution in [0.3, 0.4) is 0 Å². The summed E-state index contributed by atoms with van der Waals surface area (Å²) in [5, 5.41) is 6.63. The minimum absolute atomic E-state index is 0. The molecule has 2 N–H and O–H groups in total. The number of piperidine rings is 1. The highest BCUT2D eigenvalue weighted by molar-refractivity contribution is 9.10. The van der Waals surface area contributed by atoms with Gasteiger partial charge in [0.2, 0.25) is 5.91 Å². The van der Waals surface area contributed by atoms with E-state index in [-0.39, 0.29) is 24.4 Å². The summed E-state index contributed by atoms with van der Waals surface area (Å²) in [6, 6.07) is 8.41. The van der Waals surface area contributed by atoms with Crippen LogP contribution in [0.15, 0.2) is 28.7 Å². The van der Waals surface area contributed by atoms with E-state index in [9.17, 15) is 4.79 Å². The predicted octanol–water partition coefficient (Wildman–Crippen LogP) is 2.79. The third kappa shape index (κ3) is 4.27. The summed E-state index contributed by atoms with van der Waals surface area (Å²) in [7, 11) is 0. The van der Waals surface area contributed by atoms with Crippen LogP contribution in [0.25, 0.3) is 0 Å². The first kappa shape index (κ1) is 18.7. The largest absolute Gasteiger partial charge is 0.381 e. The van der Waals surface area contributed by atoms with E-state index in [0.29, 0.717) is 13.2 Å². The quantitative estimate of drug-likeness (QED) is 0.816. The maximum atomic E-state index is 13.1. The Kier molecular flexibility index (Phi) is 6.89. The van der Waals surface area contributed by atoms with Crippen LogP contribution < -0.4 is 10.6 Å². The number of amides is 1. The zero-order chi connectivity index (χ0) is 15.4. The van der Waals surface area contributed by atoms with Gasteiger partial charge >= 0.3 is 0 Å². The number of nitrogens with one attached hydrogen (secondary N) is 2. The van der Waals surface area contributed by atoms with Crippen molar-refractivity contribution >= 4 is 34.2 Å². The Morgan fingerprint density at radius 1 is 1.26 bits per heavy atom. The van der Waals surface area contributed by atoms with Crippen molar-refractivity contribution in [1.82, 2.24) is 10.6 Å². The second kappa shape index (κ2) is 8.47. The third-order valence-corrected chi connectivity index (χ3v) is 5.34. The van der Waals surface area contributed by atoms with Crippen molar-refractivity contribution < 1.29 is 9.53 Å². The van der Waals surface area contributed by atoms with Gasteiger partial charge < -0.3 is 15.4 Å². The molecule has 0 saturated carbocycles. The lowest BCUT2D eigenvalue weighted by Gasteiger charge is -2.38. The average molecular weight is 404 g/mol. The molecule has 2 aliphatic rings. The van der Waals surface area contributed by atoms with Crippen molar-refractivity contribution in [2.75, 3.05) is 26.3 Å². The third-order valence-electron chi connectivity index (χ3n) is 4.81. The van der Waals surface area contributed by atoms with Gasteiger partial charge in [-0.2, -0.15) is 0 Å². The van der Waals surface area contributed by atoms with Crippen molar-refractivity contribution in [1.29, 1.82) is 0 Å². The van der Waals surface area contributed by atoms with Crippen molar-refractivity contribution in [3.63, 3.8) is 0 Å². The predicted molar refractivity (Wildman–Crippen MR) is 97.2 cm³/mol. The summed E-state index contributed by atoms with van der Waals surface area (Å²) in [6.45, 7) is 3.22. The van der Waals surface area contributed by atoms with Gasteiger partial charge in [-0.25, -0.2) is 0 Å². The van der Waals surface area contributed by atoms with E-state index in [1.165, 1.54) is 0 Å². The van der Waals surface area contributed by atoms with Crippen LogP contribution in [0.2, 0.25) is 0 Å². The standard InChI is InChI=1S/C17H23BrN2O2.ClH/c18-14-5-3-13(4-6-14)17(7-10-22-11-8-17)16(21)20-15-2-1-9-19-12-15;/h3-6,15,19H,1-2,7-12H2,(H,20,21);1H/t15-;/m0./s1. The normalized spacial score (nSPS) is 23.6. The molecule has 1 aromatic carbocycles. The Morgan fingerprint density at radius 3 is 2.57 bits per heavy atom. The average Bonchev–Trinajstić information content (AvgIpc) is 2.57. The lowest BCUT2D eigenvalue weighted by Crippen LogP contribution is -2.54. The van der Waals surface area contributed by atoms with Gasteiger partial charge in [0.05, 0.1) is 5.41 Å². The van der Waals surface area contributed by atoms with Gasteiger partial charge in [0.1, 0.15) is 0 Å². The minimum Gasteiger partial charge on any atom is -0.381 e. The van der Waals surface area contributed by atoms with Crippen LogP contribution in [0.5, 0.6) is 0 Å². The molecule has 2 saturated heterocycles. The molecule has 1 amide bonds. The highest BCUT2D eigenvalue weighted by Gasteiger charge is 2.42. The number of hydrogen-bond acceptors (Lipinski definition) is 3. The zero-order valence-corrected chi connectivity index (χ0v) is 15.5. The number of hydrogen-bond donors (Lipinski definition) is 2. The molecule has 0 radical (unpaired) electrons. The van der Waals surface area contributed by atoms with E-state index in [2.05, 4.69) is 38.7 Å². The fraction of sp³-hybridized carbons (Fsp3) is 0.588. The van der Waals surface area contributed by atoms with Crippen molar-refractivity contribution in [2.45, 2.75) is 37.1 Å². The summed E-state index contributed by atoms with van der Waals surface area (Å²) >= 11 is 3.47. The number of benzene rings is 1. The van der Waals surface area contributed by atoms with Gasteiger partial charge in [-0.05, 0) is 49.9 Å². The van der Waals surface area contributed by atoms with Gasteiger partial charge in [-0.1, -0.05) is 28.1 Å². The molecule has 0 spiro atoms. The molecule has 23 heavy (non-hydrogen) atoms. The van der Waals surface area contributed by atoms with E-state index in [0.717, 1.165) is 48.8 Å². The van der Waals surface area contributed by atoms with Gasteiger partial charge in [-0.3, -0.25) is 4.79 Å². The molecule has 0 aromatic heterocycles. The molecule has 0 aliphatic carbocycles. The Bertz CT molecular complexity index is 512. The molecule has 3 rings (SSSR count). The minimum atomic E-state index is -0.448. The highest BCUT2D eigenvalue weighted by Crippen LogP contribution is 2.36. The number of ether oxygens (including phenoxy) is 1. The zero-order valence-electron chi connectivity index (χ0n) is 13.1. The van der Waals surface area contributed by atoms with Crippen LogP contribution in [-0.2, 0) is 14.9 Å². The summed E-state index contributed by atoms with van der Waals surface area (Å²) < 4.78 is 6.55. The number of halogens is 2. The molecule has 2 fully saturated rings. The summed E-state index contributed by atoms with van der Waals surface area (Å²) in [5.74, 6) is 0.159. The van der Waals surface area contributed by atoms with Gasteiger partial charge in [0.25, 0.3) is 0 Å². The summed E-state index contributed by atoms with van der Waals surface area (Å²) in [5.41, 5.74) is 0.649. The Labute approximate surface area is 152 Å². The van der Waals surface area contributed by atoms with Crippen LogP contribution in [0.4, 0.5) is 0 Å². The number of carbonyl (C=O) groups is 1.